The molecule has 0 saturated heterocycles. The zero-order chi connectivity index (χ0) is 12.6. The highest BCUT2D eigenvalue weighted by molar-refractivity contribution is 6.29. The van der Waals surface area contributed by atoms with Crippen LogP contribution in [0.25, 0.3) is 11.3 Å². The fraction of sp³-hybridized carbons (Fsp3) is 0.273. The summed E-state index contributed by atoms with van der Waals surface area (Å²) in [6.07, 6.45) is 1.37. The van der Waals surface area contributed by atoms with Crippen molar-refractivity contribution < 1.29 is 8.78 Å². The van der Waals surface area contributed by atoms with Gasteiger partial charge in [0.15, 0.2) is 5.82 Å². The van der Waals surface area contributed by atoms with Crippen LogP contribution in [0.1, 0.15) is 18.4 Å². The Kier molecular flexibility index (Phi) is 2.87. The van der Waals surface area contributed by atoms with Gasteiger partial charge < -0.3 is 4.98 Å². The van der Waals surface area contributed by atoms with Crippen LogP contribution < -0.4 is 0 Å². The van der Waals surface area contributed by atoms with Crippen molar-refractivity contribution in [2.24, 2.45) is 0 Å². The van der Waals surface area contributed by atoms with Crippen molar-refractivity contribution in [1.29, 1.82) is 0 Å². The smallest absolute Gasteiger partial charge is 0.301 e. The molecule has 0 radical (unpaired) electrons. The lowest BCUT2D eigenvalue weighted by atomic mass is 10.1. The minimum atomic E-state index is -2.98. The van der Waals surface area contributed by atoms with Gasteiger partial charge in [-0.25, -0.2) is 9.97 Å². The maximum atomic E-state index is 13.0. The Bertz CT molecular complexity index is 546. The summed E-state index contributed by atoms with van der Waals surface area (Å²) in [6, 6.07) is 3.32. The van der Waals surface area contributed by atoms with Gasteiger partial charge >= 0.3 is 5.92 Å². The number of alkyl halides is 2. The maximum absolute atomic E-state index is 13.0. The second-order valence-electron chi connectivity index (χ2n) is 3.80. The van der Waals surface area contributed by atoms with Gasteiger partial charge in [-0.05, 0) is 19.1 Å². The van der Waals surface area contributed by atoms with Gasteiger partial charge in [-0.2, -0.15) is 8.78 Å². The van der Waals surface area contributed by atoms with E-state index in [1.165, 1.54) is 6.20 Å². The first-order valence-electron chi connectivity index (χ1n) is 4.95. The molecule has 2 aromatic heterocycles. The highest BCUT2D eigenvalue weighted by Crippen LogP contribution is 2.28. The van der Waals surface area contributed by atoms with E-state index in [1.54, 1.807) is 19.1 Å². The fourth-order valence-corrected chi connectivity index (χ4v) is 1.69. The maximum Gasteiger partial charge on any atom is 0.301 e. The topological polar surface area (TPSA) is 41.6 Å². The van der Waals surface area contributed by atoms with Crippen molar-refractivity contribution in [1.82, 2.24) is 15.0 Å². The molecule has 0 amide bonds. The van der Waals surface area contributed by atoms with Gasteiger partial charge in [0.2, 0.25) is 0 Å². The van der Waals surface area contributed by atoms with E-state index in [2.05, 4.69) is 15.0 Å². The van der Waals surface area contributed by atoms with E-state index in [-0.39, 0.29) is 5.82 Å². The Hall–Kier alpha value is -1.49. The quantitative estimate of drug-likeness (QED) is 0.836. The molecule has 17 heavy (non-hydrogen) atoms. The second kappa shape index (κ2) is 4.07. The molecule has 0 aliphatic rings. The number of aromatic nitrogens is 3. The van der Waals surface area contributed by atoms with E-state index < -0.39 is 5.92 Å². The molecule has 2 rings (SSSR count). The summed E-state index contributed by atoms with van der Waals surface area (Å²) in [5, 5.41) is 0.367. The van der Waals surface area contributed by atoms with Crippen LogP contribution in [0.2, 0.25) is 5.15 Å². The summed E-state index contributed by atoms with van der Waals surface area (Å²) in [5.74, 6) is -3.34. The number of aromatic amines is 1. The lowest BCUT2D eigenvalue weighted by Crippen LogP contribution is -2.09. The van der Waals surface area contributed by atoms with E-state index in [0.29, 0.717) is 22.1 Å². The van der Waals surface area contributed by atoms with Crippen LogP contribution >= 0.6 is 11.6 Å². The standard InChI is InChI=1S/C11H10ClF2N3/c1-6-7(3-4-9(12)16-6)8-5-15-10(17-8)11(2,13)14/h3-5H,1-2H3,(H,15,17). The SMILES string of the molecule is Cc1nc(Cl)ccc1-c1cnc(C(C)(F)F)[nH]1. The minimum absolute atomic E-state index is 0.359. The molecule has 0 saturated carbocycles. The van der Waals surface area contributed by atoms with E-state index in [9.17, 15) is 8.78 Å². The molecule has 3 nitrogen and oxygen atoms in total. The second-order valence-corrected chi connectivity index (χ2v) is 4.19. The van der Waals surface area contributed by atoms with Crippen LogP contribution in [-0.2, 0) is 5.92 Å². The van der Waals surface area contributed by atoms with Crippen LogP contribution in [-0.4, -0.2) is 15.0 Å². The molecule has 0 bridgehead atoms. The van der Waals surface area contributed by atoms with E-state index in [4.69, 9.17) is 11.6 Å². The number of aryl methyl sites for hydroxylation is 1. The third-order valence-electron chi connectivity index (χ3n) is 2.33. The molecule has 0 aliphatic carbocycles. The van der Waals surface area contributed by atoms with Crippen LogP contribution in [0.5, 0.6) is 0 Å². The number of halogens is 3. The van der Waals surface area contributed by atoms with Crippen LogP contribution in [0.3, 0.4) is 0 Å². The molecule has 2 aromatic rings. The summed E-state index contributed by atoms with van der Waals surface area (Å²) in [6.45, 7) is 2.55. The zero-order valence-electron chi connectivity index (χ0n) is 9.26. The third-order valence-corrected chi connectivity index (χ3v) is 2.54. The molecular weight excluding hydrogens is 248 g/mol. The summed E-state index contributed by atoms with van der Waals surface area (Å²) < 4.78 is 26.0. The molecule has 0 spiro atoms. The number of hydrogen-bond donors (Lipinski definition) is 1. The van der Waals surface area contributed by atoms with Gasteiger partial charge in [-0.1, -0.05) is 11.6 Å². The van der Waals surface area contributed by atoms with E-state index in [0.717, 1.165) is 6.92 Å². The first-order valence-corrected chi connectivity index (χ1v) is 5.32. The summed E-state index contributed by atoms with van der Waals surface area (Å²) >= 11 is 5.73. The molecule has 0 aromatic carbocycles. The fourth-order valence-electron chi connectivity index (χ4n) is 1.50. The largest absolute Gasteiger partial charge is 0.337 e. The van der Waals surface area contributed by atoms with Crippen LogP contribution in [0.4, 0.5) is 8.78 Å². The number of nitrogens with one attached hydrogen (secondary N) is 1. The number of nitrogens with zero attached hydrogens (tertiary/aromatic N) is 2. The Balaban J connectivity index is 2.44. The van der Waals surface area contributed by atoms with Crippen molar-refractivity contribution in [2.45, 2.75) is 19.8 Å². The van der Waals surface area contributed by atoms with Gasteiger partial charge in [0, 0.05) is 18.2 Å². The van der Waals surface area contributed by atoms with Crippen molar-refractivity contribution >= 4 is 11.6 Å². The summed E-state index contributed by atoms with van der Waals surface area (Å²) in [4.78, 5) is 10.3. The number of H-pyrrole nitrogens is 1. The highest BCUT2D eigenvalue weighted by atomic mass is 35.5. The molecular formula is C11H10ClF2N3. The van der Waals surface area contributed by atoms with E-state index in [1.807, 2.05) is 0 Å². The average molecular weight is 258 g/mol. The van der Waals surface area contributed by atoms with Gasteiger partial charge in [-0.15, -0.1) is 0 Å². The Morgan fingerprint density at radius 2 is 2.06 bits per heavy atom. The molecule has 6 heteroatoms. The molecule has 1 N–H and O–H groups in total. The summed E-state index contributed by atoms with van der Waals surface area (Å²) in [7, 11) is 0. The summed E-state index contributed by atoms with van der Waals surface area (Å²) in [5.41, 5.74) is 1.87. The number of imidazole rings is 1. The number of pyridine rings is 1. The Labute approximate surface area is 102 Å². The van der Waals surface area contributed by atoms with Crippen LogP contribution in [0.15, 0.2) is 18.3 Å². The molecule has 0 fully saturated rings. The Morgan fingerprint density at radius 1 is 1.35 bits per heavy atom. The highest BCUT2D eigenvalue weighted by Gasteiger charge is 2.28. The predicted octanol–water partition coefficient (Wildman–Crippen LogP) is 3.55. The van der Waals surface area contributed by atoms with Crippen LogP contribution in [0, 0.1) is 6.92 Å². The van der Waals surface area contributed by atoms with Gasteiger partial charge in [0.1, 0.15) is 5.15 Å². The molecule has 0 atom stereocenters. The first kappa shape index (κ1) is 12.0. The predicted molar refractivity (Wildman–Crippen MR) is 61.1 cm³/mol. The lowest BCUT2D eigenvalue weighted by Gasteiger charge is -2.06. The molecule has 2 heterocycles. The van der Waals surface area contributed by atoms with Gasteiger partial charge in [0.25, 0.3) is 0 Å². The van der Waals surface area contributed by atoms with Gasteiger partial charge in [0.05, 0.1) is 11.9 Å². The average Bonchev–Trinajstić information content (AvgIpc) is 2.65. The van der Waals surface area contributed by atoms with E-state index >= 15 is 0 Å². The monoisotopic (exact) mass is 257 g/mol. The minimum Gasteiger partial charge on any atom is -0.337 e. The first-order chi connectivity index (χ1) is 7.88. The number of rotatable bonds is 2. The lowest BCUT2D eigenvalue weighted by molar-refractivity contribution is 0.00864. The molecule has 0 unspecified atom stereocenters. The normalized spacial score (nSPS) is 11.8. The molecule has 90 valence electrons. The number of hydrogen-bond acceptors (Lipinski definition) is 2. The van der Waals surface area contributed by atoms with Crippen molar-refractivity contribution in [3.63, 3.8) is 0 Å². The third kappa shape index (κ3) is 2.44. The van der Waals surface area contributed by atoms with Crippen molar-refractivity contribution in [3.05, 3.63) is 35.0 Å². The van der Waals surface area contributed by atoms with Gasteiger partial charge in [-0.3, -0.25) is 0 Å². The van der Waals surface area contributed by atoms with Crippen molar-refractivity contribution in [2.75, 3.05) is 0 Å². The Morgan fingerprint density at radius 3 is 2.59 bits per heavy atom. The molecule has 0 aliphatic heterocycles. The van der Waals surface area contributed by atoms with Crippen molar-refractivity contribution in [3.8, 4) is 11.3 Å². The zero-order valence-corrected chi connectivity index (χ0v) is 10.0.